The number of piperazine rings is 1. The van der Waals surface area contributed by atoms with Crippen LogP contribution in [0, 0.1) is 0 Å². The Kier molecular flexibility index (Phi) is 5.31. The second kappa shape index (κ2) is 7.81. The molecule has 5 nitrogen and oxygen atoms in total. The van der Waals surface area contributed by atoms with Crippen LogP contribution in [0.25, 0.3) is 0 Å². The van der Waals surface area contributed by atoms with E-state index in [-0.39, 0.29) is 12.5 Å². The van der Waals surface area contributed by atoms with E-state index < -0.39 is 0 Å². The summed E-state index contributed by atoms with van der Waals surface area (Å²) < 4.78 is 5.61. The Bertz CT molecular complexity index is 650. The lowest BCUT2D eigenvalue weighted by Crippen LogP contribution is -2.50. The van der Waals surface area contributed by atoms with E-state index in [0.29, 0.717) is 13.1 Å². The van der Waals surface area contributed by atoms with Crippen molar-refractivity contribution < 1.29 is 9.53 Å². The molecule has 1 fully saturated rings. The second-order valence-electron chi connectivity index (χ2n) is 5.84. The minimum Gasteiger partial charge on any atom is -0.484 e. The molecule has 0 bridgehead atoms. The number of hydrogen-bond donors (Lipinski definition) is 0. The summed E-state index contributed by atoms with van der Waals surface area (Å²) >= 11 is 0. The molecule has 1 aromatic heterocycles. The minimum atomic E-state index is 0.0373. The van der Waals surface area contributed by atoms with E-state index in [9.17, 15) is 4.79 Å². The lowest BCUT2D eigenvalue weighted by atomic mass is 10.2. The molecule has 0 spiro atoms. The minimum absolute atomic E-state index is 0.0373. The summed E-state index contributed by atoms with van der Waals surface area (Å²) in [5, 5.41) is 0. The Morgan fingerprint density at radius 1 is 1.08 bits per heavy atom. The maximum atomic E-state index is 12.3. The molecule has 1 aliphatic heterocycles. The van der Waals surface area contributed by atoms with Crippen LogP contribution in [-0.2, 0) is 11.2 Å². The molecule has 0 N–H and O–H groups in total. The van der Waals surface area contributed by atoms with E-state index in [0.717, 1.165) is 31.1 Å². The van der Waals surface area contributed by atoms with E-state index >= 15 is 0 Å². The van der Waals surface area contributed by atoms with E-state index in [1.165, 1.54) is 5.56 Å². The molecule has 0 radical (unpaired) electrons. The number of aryl methyl sites for hydroxylation is 1. The molecule has 1 aromatic carbocycles. The van der Waals surface area contributed by atoms with Gasteiger partial charge in [-0.2, -0.15) is 0 Å². The fourth-order valence-electron chi connectivity index (χ4n) is 2.78. The lowest BCUT2D eigenvalue weighted by Gasteiger charge is -2.35. The normalized spacial score (nSPS) is 14.5. The van der Waals surface area contributed by atoms with Crippen molar-refractivity contribution in [3.8, 4) is 5.75 Å². The van der Waals surface area contributed by atoms with Crippen LogP contribution in [0.15, 0.2) is 48.7 Å². The van der Waals surface area contributed by atoms with Crippen LogP contribution in [0.4, 0.5) is 5.82 Å². The van der Waals surface area contributed by atoms with E-state index in [1.807, 2.05) is 47.4 Å². The lowest BCUT2D eigenvalue weighted by molar-refractivity contribution is -0.133. The van der Waals surface area contributed by atoms with Gasteiger partial charge in [0.05, 0.1) is 0 Å². The molecule has 2 heterocycles. The molecule has 5 heteroatoms. The maximum Gasteiger partial charge on any atom is 0.260 e. The molecule has 1 aliphatic rings. The van der Waals surface area contributed by atoms with Gasteiger partial charge in [0.2, 0.25) is 0 Å². The van der Waals surface area contributed by atoms with Gasteiger partial charge in [-0.15, -0.1) is 0 Å². The van der Waals surface area contributed by atoms with Crippen molar-refractivity contribution in [1.29, 1.82) is 0 Å². The highest BCUT2D eigenvalue weighted by Gasteiger charge is 2.21. The first-order valence-corrected chi connectivity index (χ1v) is 8.42. The van der Waals surface area contributed by atoms with Gasteiger partial charge in [0.25, 0.3) is 5.91 Å². The summed E-state index contributed by atoms with van der Waals surface area (Å²) in [4.78, 5) is 20.7. The molecule has 126 valence electrons. The highest BCUT2D eigenvalue weighted by atomic mass is 16.5. The molecule has 3 rings (SSSR count). The van der Waals surface area contributed by atoms with Crippen molar-refractivity contribution in [2.45, 2.75) is 13.3 Å². The number of benzene rings is 1. The van der Waals surface area contributed by atoms with Gasteiger partial charge < -0.3 is 14.5 Å². The number of hydrogen-bond acceptors (Lipinski definition) is 4. The van der Waals surface area contributed by atoms with Gasteiger partial charge in [-0.1, -0.05) is 25.1 Å². The quantitative estimate of drug-likeness (QED) is 0.847. The monoisotopic (exact) mass is 325 g/mol. The molecule has 0 aliphatic carbocycles. The van der Waals surface area contributed by atoms with E-state index in [1.54, 1.807) is 6.20 Å². The number of anilines is 1. The number of carbonyl (C=O) groups is 1. The van der Waals surface area contributed by atoms with Crippen molar-refractivity contribution in [2.24, 2.45) is 0 Å². The Labute approximate surface area is 142 Å². The Hall–Kier alpha value is -2.56. The molecule has 1 saturated heterocycles. The number of amides is 1. The average Bonchev–Trinajstić information content (AvgIpc) is 2.67. The number of aromatic nitrogens is 1. The van der Waals surface area contributed by atoms with Crippen LogP contribution in [0.1, 0.15) is 12.5 Å². The smallest absolute Gasteiger partial charge is 0.260 e. The fraction of sp³-hybridized carbons (Fsp3) is 0.368. The molecule has 2 aromatic rings. The predicted octanol–water partition coefficient (Wildman–Crippen LogP) is 2.37. The number of carbonyl (C=O) groups excluding carboxylic acids is 1. The fourth-order valence-corrected chi connectivity index (χ4v) is 2.78. The molecule has 1 amide bonds. The summed E-state index contributed by atoms with van der Waals surface area (Å²) in [6, 6.07) is 13.8. The Morgan fingerprint density at radius 3 is 2.46 bits per heavy atom. The number of ether oxygens (including phenoxy) is 1. The molecule has 24 heavy (non-hydrogen) atoms. The summed E-state index contributed by atoms with van der Waals surface area (Å²) in [5.74, 6) is 1.75. The van der Waals surface area contributed by atoms with E-state index in [2.05, 4.69) is 16.8 Å². The highest BCUT2D eigenvalue weighted by molar-refractivity contribution is 5.78. The SMILES string of the molecule is CCc1ccc(OCC(=O)N2CCN(c3ccccn3)CC2)cc1. The third kappa shape index (κ3) is 4.04. The summed E-state index contributed by atoms with van der Waals surface area (Å²) in [6.07, 6.45) is 2.80. The van der Waals surface area contributed by atoms with Crippen LogP contribution in [0.2, 0.25) is 0 Å². The van der Waals surface area contributed by atoms with Gasteiger partial charge in [0.15, 0.2) is 6.61 Å². The van der Waals surface area contributed by atoms with Crippen molar-refractivity contribution in [3.05, 3.63) is 54.2 Å². The van der Waals surface area contributed by atoms with Gasteiger partial charge in [0, 0.05) is 32.4 Å². The topological polar surface area (TPSA) is 45.7 Å². The molecule has 0 unspecified atom stereocenters. The maximum absolute atomic E-state index is 12.3. The average molecular weight is 325 g/mol. The number of rotatable bonds is 5. The summed E-state index contributed by atoms with van der Waals surface area (Å²) in [6.45, 7) is 5.21. The summed E-state index contributed by atoms with van der Waals surface area (Å²) in [7, 11) is 0. The largest absolute Gasteiger partial charge is 0.484 e. The first-order chi connectivity index (χ1) is 11.8. The van der Waals surface area contributed by atoms with Crippen LogP contribution in [-0.4, -0.2) is 48.6 Å². The third-order valence-electron chi connectivity index (χ3n) is 4.30. The third-order valence-corrected chi connectivity index (χ3v) is 4.30. The molecule has 0 atom stereocenters. The molecular weight excluding hydrogens is 302 g/mol. The zero-order valence-electron chi connectivity index (χ0n) is 14.0. The van der Waals surface area contributed by atoms with Crippen molar-refractivity contribution in [1.82, 2.24) is 9.88 Å². The van der Waals surface area contributed by atoms with E-state index in [4.69, 9.17) is 4.74 Å². The number of pyridine rings is 1. The van der Waals surface area contributed by atoms with Crippen molar-refractivity contribution in [2.75, 3.05) is 37.7 Å². The first kappa shape index (κ1) is 16.3. The zero-order chi connectivity index (χ0) is 16.8. The Balaban J connectivity index is 1.46. The standard InChI is InChI=1S/C19H23N3O2/c1-2-16-6-8-17(9-7-16)24-15-19(23)22-13-11-21(12-14-22)18-5-3-4-10-20-18/h3-10H,2,11-15H2,1H3. The summed E-state index contributed by atoms with van der Waals surface area (Å²) in [5.41, 5.74) is 1.26. The van der Waals surface area contributed by atoms with Crippen LogP contribution in [0.5, 0.6) is 5.75 Å². The van der Waals surface area contributed by atoms with Gasteiger partial charge in [-0.05, 0) is 36.2 Å². The molecule has 0 saturated carbocycles. The molecular formula is C19H23N3O2. The van der Waals surface area contributed by atoms with Crippen LogP contribution in [0.3, 0.4) is 0 Å². The van der Waals surface area contributed by atoms with Gasteiger partial charge in [-0.3, -0.25) is 4.79 Å². The van der Waals surface area contributed by atoms with Gasteiger partial charge >= 0.3 is 0 Å². The van der Waals surface area contributed by atoms with Gasteiger partial charge in [0.1, 0.15) is 11.6 Å². The van der Waals surface area contributed by atoms with Crippen LogP contribution < -0.4 is 9.64 Å². The zero-order valence-corrected chi connectivity index (χ0v) is 14.0. The second-order valence-corrected chi connectivity index (χ2v) is 5.84. The van der Waals surface area contributed by atoms with Crippen molar-refractivity contribution in [3.63, 3.8) is 0 Å². The van der Waals surface area contributed by atoms with Gasteiger partial charge in [-0.25, -0.2) is 4.98 Å². The first-order valence-electron chi connectivity index (χ1n) is 8.42. The van der Waals surface area contributed by atoms with Crippen molar-refractivity contribution >= 4 is 11.7 Å². The predicted molar refractivity (Wildman–Crippen MR) is 94.3 cm³/mol. The number of nitrogens with zero attached hydrogens (tertiary/aromatic N) is 3. The van der Waals surface area contributed by atoms with Crippen LogP contribution >= 0.6 is 0 Å². The highest BCUT2D eigenvalue weighted by Crippen LogP contribution is 2.14. The Morgan fingerprint density at radius 2 is 1.83 bits per heavy atom.